The van der Waals surface area contributed by atoms with Gasteiger partial charge in [0.05, 0.1) is 17.1 Å². The fraction of sp³-hybridized carbons (Fsp3) is 0.227. The van der Waals surface area contributed by atoms with Gasteiger partial charge in [0.2, 0.25) is 0 Å². The Bertz CT molecular complexity index is 1060. The van der Waals surface area contributed by atoms with Crippen molar-refractivity contribution in [3.05, 3.63) is 59.6 Å². The molecule has 6 heteroatoms. The van der Waals surface area contributed by atoms with E-state index in [1.165, 1.54) is 0 Å². The van der Waals surface area contributed by atoms with E-state index in [-0.39, 0.29) is 5.91 Å². The molecule has 0 bridgehead atoms. The Morgan fingerprint density at radius 3 is 2.86 bits per heavy atom. The Hall–Kier alpha value is -2.99. The molecule has 0 N–H and O–H groups in total. The molecule has 0 saturated carbocycles. The number of benzene rings is 1. The van der Waals surface area contributed by atoms with Crippen molar-refractivity contribution in [1.29, 1.82) is 0 Å². The van der Waals surface area contributed by atoms with Crippen LogP contribution in [-0.2, 0) is 4.79 Å². The van der Waals surface area contributed by atoms with Crippen LogP contribution in [0.25, 0.3) is 22.0 Å². The number of nitrogens with zero attached hydrogens (tertiary/aromatic N) is 3. The smallest absolute Gasteiger partial charge is 0.268 e. The van der Waals surface area contributed by atoms with E-state index in [2.05, 4.69) is 11.6 Å². The maximum Gasteiger partial charge on any atom is 0.268 e. The molecule has 142 valence electrons. The molecule has 1 aliphatic heterocycles. The van der Waals surface area contributed by atoms with Gasteiger partial charge in [0.15, 0.2) is 6.10 Å². The standard InChI is InChI=1S/C22H21N3O2S/c1-13(2)12-25-18-11-16(8-9-19(18)27-14(3)22(25)26)20-15(4)28-21(24-20)17-7-5-6-10-23-17/h5-11,14H,1,12H2,2-4H3. The lowest BCUT2D eigenvalue weighted by atomic mass is 10.1. The minimum absolute atomic E-state index is 0.0585. The molecule has 1 aromatic carbocycles. The molecule has 2 aromatic heterocycles. The summed E-state index contributed by atoms with van der Waals surface area (Å²) in [6, 6.07) is 11.7. The van der Waals surface area contributed by atoms with Crippen LogP contribution in [-0.4, -0.2) is 28.5 Å². The van der Waals surface area contributed by atoms with E-state index < -0.39 is 6.10 Å². The molecule has 3 heterocycles. The zero-order valence-corrected chi connectivity index (χ0v) is 16.9. The summed E-state index contributed by atoms with van der Waals surface area (Å²) in [4.78, 5) is 24.7. The van der Waals surface area contributed by atoms with Gasteiger partial charge in [-0.1, -0.05) is 18.2 Å². The predicted molar refractivity (Wildman–Crippen MR) is 113 cm³/mol. The van der Waals surface area contributed by atoms with E-state index in [0.29, 0.717) is 12.3 Å². The van der Waals surface area contributed by atoms with Gasteiger partial charge in [-0.2, -0.15) is 0 Å². The summed E-state index contributed by atoms with van der Waals surface area (Å²) >= 11 is 1.61. The van der Waals surface area contributed by atoms with E-state index >= 15 is 0 Å². The average Bonchev–Trinajstić information content (AvgIpc) is 3.07. The van der Waals surface area contributed by atoms with Gasteiger partial charge in [-0.15, -0.1) is 11.3 Å². The van der Waals surface area contributed by atoms with Crippen LogP contribution >= 0.6 is 11.3 Å². The lowest BCUT2D eigenvalue weighted by molar-refractivity contribution is -0.125. The number of aryl methyl sites for hydroxylation is 1. The summed E-state index contributed by atoms with van der Waals surface area (Å²) in [5.74, 6) is 0.645. The number of amides is 1. The molecule has 0 saturated heterocycles. The first kappa shape index (κ1) is 18.4. The quantitative estimate of drug-likeness (QED) is 0.596. The molecular formula is C22H21N3O2S. The fourth-order valence-electron chi connectivity index (χ4n) is 3.25. The number of carbonyl (C=O) groups excluding carboxylic acids is 1. The summed E-state index contributed by atoms with van der Waals surface area (Å²) in [7, 11) is 0. The number of hydrogen-bond acceptors (Lipinski definition) is 5. The highest BCUT2D eigenvalue weighted by molar-refractivity contribution is 7.15. The van der Waals surface area contributed by atoms with Gasteiger partial charge in [0.25, 0.3) is 5.91 Å². The van der Waals surface area contributed by atoms with Crippen LogP contribution in [0.4, 0.5) is 5.69 Å². The Balaban J connectivity index is 1.77. The lowest BCUT2D eigenvalue weighted by Crippen LogP contribution is -2.45. The Morgan fingerprint density at radius 1 is 1.32 bits per heavy atom. The van der Waals surface area contributed by atoms with Gasteiger partial charge in [-0.05, 0) is 51.1 Å². The Labute approximate surface area is 168 Å². The third-order valence-corrected chi connectivity index (χ3v) is 5.54. The molecule has 1 amide bonds. The average molecular weight is 391 g/mol. The summed E-state index contributed by atoms with van der Waals surface area (Å²) in [5.41, 5.74) is 4.38. The highest BCUT2D eigenvalue weighted by Gasteiger charge is 2.32. The topological polar surface area (TPSA) is 55.3 Å². The van der Waals surface area contributed by atoms with Crippen LogP contribution < -0.4 is 9.64 Å². The Morgan fingerprint density at radius 2 is 2.14 bits per heavy atom. The minimum atomic E-state index is -0.505. The molecule has 0 radical (unpaired) electrons. The second-order valence-electron chi connectivity index (χ2n) is 6.96. The summed E-state index contributed by atoms with van der Waals surface area (Å²) in [6.07, 6.45) is 1.26. The molecule has 0 fully saturated rings. The van der Waals surface area contributed by atoms with Crippen LogP contribution in [0, 0.1) is 6.92 Å². The molecule has 1 aliphatic rings. The summed E-state index contributed by atoms with van der Waals surface area (Å²) in [6.45, 7) is 10.2. The highest BCUT2D eigenvalue weighted by atomic mass is 32.1. The minimum Gasteiger partial charge on any atom is -0.479 e. The molecular weight excluding hydrogens is 370 g/mol. The number of thiazole rings is 1. The zero-order chi connectivity index (χ0) is 19.8. The van der Waals surface area contributed by atoms with Crippen LogP contribution in [0.2, 0.25) is 0 Å². The summed E-state index contributed by atoms with van der Waals surface area (Å²) < 4.78 is 5.80. The van der Waals surface area contributed by atoms with Crippen molar-refractivity contribution in [1.82, 2.24) is 9.97 Å². The first-order chi connectivity index (χ1) is 13.4. The second kappa shape index (κ2) is 7.20. The molecule has 1 atom stereocenters. The van der Waals surface area contributed by atoms with Crippen molar-refractivity contribution in [2.24, 2.45) is 0 Å². The largest absolute Gasteiger partial charge is 0.479 e. The number of anilines is 1. The van der Waals surface area contributed by atoms with E-state index in [0.717, 1.165) is 38.1 Å². The van der Waals surface area contributed by atoms with Crippen molar-refractivity contribution >= 4 is 22.9 Å². The highest BCUT2D eigenvalue weighted by Crippen LogP contribution is 2.40. The monoisotopic (exact) mass is 391 g/mol. The van der Waals surface area contributed by atoms with E-state index in [1.54, 1.807) is 29.4 Å². The predicted octanol–water partition coefficient (Wildman–Crippen LogP) is 4.87. The number of carbonyl (C=O) groups is 1. The van der Waals surface area contributed by atoms with Gasteiger partial charge in [0, 0.05) is 23.2 Å². The van der Waals surface area contributed by atoms with E-state index in [1.807, 2.05) is 50.2 Å². The molecule has 1 unspecified atom stereocenters. The molecule has 4 rings (SSSR count). The van der Waals surface area contributed by atoms with Crippen molar-refractivity contribution in [2.75, 3.05) is 11.4 Å². The second-order valence-corrected chi connectivity index (χ2v) is 8.17. The van der Waals surface area contributed by atoms with Crippen molar-refractivity contribution in [3.63, 3.8) is 0 Å². The number of pyridine rings is 1. The van der Waals surface area contributed by atoms with Crippen LogP contribution in [0.3, 0.4) is 0 Å². The SMILES string of the molecule is C=C(C)CN1C(=O)C(C)Oc2ccc(-c3nc(-c4ccccn4)sc3C)cc21. The molecule has 28 heavy (non-hydrogen) atoms. The number of aromatic nitrogens is 2. The maximum absolute atomic E-state index is 12.7. The number of fused-ring (bicyclic) bond motifs is 1. The Kier molecular flexibility index (Phi) is 4.73. The van der Waals surface area contributed by atoms with Crippen molar-refractivity contribution in [2.45, 2.75) is 26.9 Å². The molecule has 0 spiro atoms. The summed E-state index contributed by atoms with van der Waals surface area (Å²) in [5, 5.41) is 0.880. The molecule has 5 nitrogen and oxygen atoms in total. The van der Waals surface area contributed by atoms with Gasteiger partial charge < -0.3 is 9.64 Å². The number of rotatable bonds is 4. The fourth-order valence-corrected chi connectivity index (χ4v) is 4.16. The van der Waals surface area contributed by atoms with Gasteiger partial charge in [0.1, 0.15) is 10.8 Å². The zero-order valence-electron chi connectivity index (χ0n) is 16.1. The third-order valence-electron chi connectivity index (χ3n) is 4.55. The van der Waals surface area contributed by atoms with Crippen molar-refractivity contribution < 1.29 is 9.53 Å². The normalized spacial score (nSPS) is 15.9. The van der Waals surface area contributed by atoms with Gasteiger partial charge in [-0.25, -0.2) is 4.98 Å². The molecule has 0 aliphatic carbocycles. The van der Waals surface area contributed by atoms with Crippen molar-refractivity contribution in [3.8, 4) is 27.7 Å². The van der Waals surface area contributed by atoms with E-state index in [9.17, 15) is 4.79 Å². The first-order valence-corrected chi connectivity index (χ1v) is 9.91. The number of ether oxygens (including phenoxy) is 1. The number of hydrogen-bond donors (Lipinski definition) is 0. The maximum atomic E-state index is 12.7. The van der Waals surface area contributed by atoms with Gasteiger partial charge >= 0.3 is 0 Å². The van der Waals surface area contributed by atoms with Crippen LogP contribution in [0.15, 0.2) is 54.7 Å². The lowest BCUT2D eigenvalue weighted by Gasteiger charge is -2.33. The first-order valence-electron chi connectivity index (χ1n) is 9.09. The van der Waals surface area contributed by atoms with E-state index in [4.69, 9.17) is 9.72 Å². The van der Waals surface area contributed by atoms with Crippen LogP contribution in [0.1, 0.15) is 18.7 Å². The third kappa shape index (κ3) is 3.31. The van der Waals surface area contributed by atoms with Gasteiger partial charge in [-0.3, -0.25) is 9.78 Å². The molecule has 3 aromatic rings. The van der Waals surface area contributed by atoms with Crippen LogP contribution in [0.5, 0.6) is 5.75 Å².